The Kier molecular flexibility index (Phi) is 7.24. The Hall–Kier alpha value is -1.63. The van der Waals surface area contributed by atoms with Crippen molar-refractivity contribution in [2.45, 2.75) is 142 Å². The van der Waals surface area contributed by atoms with Crippen LogP contribution in [0.1, 0.15) is 145 Å². The van der Waals surface area contributed by atoms with Gasteiger partial charge in [0.25, 0.3) is 5.92 Å². The van der Waals surface area contributed by atoms with E-state index in [0.29, 0.717) is 0 Å². The summed E-state index contributed by atoms with van der Waals surface area (Å²) < 4.78 is 42.6. The van der Waals surface area contributed by atoms with Gasteiger partial charge in [-0.25, -0.2) is 8.78 Å². The van der Waals surface area contributed by atoms with Gasteiger partial charge in [-0.1, -0.05) is 85.6 Å². The standard InChI is InChI=1S/C34H49F2NO2Si/c1-21(2)29-27-28(26-24(37-29)19-32(6,7)20-25(26)39-40(9,10)31(3,4)5)34(17-11-12-18-34)38-30(27)22-13-15-23(16-14-22)33(8,35)36/h13-16,21,25,30H,11-12,17-20H2,1-10H3/t25?,30-/m1/s1. The molecule has 0 amide bonds. The number of nitrogens with zero attached hydrogens (tertiary/aromatic N) is 1. The maximum absolute atomic E-state index is 14.1. The van der Waals surface area contributed by atoms with E-state index in [2.05, 4.69) is 61.6 Å². The Bertz CT molecular complexity index is 1260. The second-order valence-corrected chi connectivity index (χ2v) is 20.2. The minimum atomic E-state index is -2.87. The number of alkyl halides is 2. The van der Waals surface area contributed by atoms with Gasteiger partial charge in [0.05, 0.1) is 11.7 Å². The highest BCUT2D eigenvalue weighted by Crippen LogP contribution is 2.60. The van der Waals surface area contributed by atoms with Crippen LogP contribution in [0.4, 0.5) is 8.78 Å². The van der Waals surface area contributed by atoms with Gasteiger partial charge in [-0.2, -0.15) is 0 Å². The van der Waals surface area contributed by atoms with Crippen molar-refractivity contribution in [1.82, 2.24) is 4.98 Å². The molecule has 220 valence electrons. The van der Waals surface area contributed by atoms with Crippen molar-refractivity contribution in [1.29, 1.82) is 0 Å². The van der Waals surface area contributed by atoms with Gasteiger partial charge in [0.2, 0.25) is 0 Å². The minimum Gasteiger partial charge on any atom is -0.410 e. The second-order valence-electron chi connectivity index (χ2n) is 15.4. The fraction of sp³-hybridized carbons (Fsp3) is 0.676. The van der Waals surface area contributed by atoms with Crippen LogP contribution in [0.5, 0.6) is 0 Å². The molecule has 1 aromatic carbocycles. The molecule has 1 aromatic heterocycles. The molecule has 3 aliphatic rings. The monoisotopic (exact) mass is 569 g/mol. The Morgan fingerprint density at radius 2 is 1.60 bits per heavy atom. The Balaban J connectivity index is 1.75. The first-order chi connectivity index (χ1) is 18.4. The largest absolute Gasteiger partial charge is 0.410 e. The highest BCUT2D eigenvalue weighted by molar-refractivity contribution is 6.74. The van der Waals surface area contributed by atoms with E-state index in [0.717, 1.165) is 56.7 Å². The molecule has 3 nitrogen and oxygen atoms in total. The van der Waals surface area contributed by atoms with Crippen LogP contribution in [0.2, 0.25) is 18.1 Å². The smallest absolute Gasteiger partial charge is 0.270 e. The number of aromatic nitrogens is 1. The summed E-state index contributed by atoms with van der Waals surface area (Å²) in [5.74, 6) is -2.66. The molecule has 40 heavy (non-hydrogen) atoms. The Morgan fingerprint density at radius 3 is 2.12 bits per heavy atom. The summed E-state index contributed by atoms with van der Waals surface area (Å²) in [5, 5.41) is 0.0936. The molecule has 1 unspecified atom stereocenters. The molecule has 1 fully saturated rings. The molecule has 1 saturated carbocycles. The number of hydrogen-bond acceptors (Lipinski definition) is 3. The lowest BCUT2D eigenvalue weighted by Crippen LogP contribution is -2.44. The molecule has 2 heterocycles. The van der Waals surface area contributed by atoms with Crippen LogP contribution in [-0.2, 0) is 27.1 Å². The third kappa shape index (κ3) is 5.11. The minimum absolute atomic E-state index is 0.0249. The molecule has 1 spiro atoms. The molecule has 0 radical (unpaired) electrons. The van der Waals surface area contributed by atoms with Crippen LogP contribution in [0, 0.1) is 5.41 Å². The average Bonchev–Trinajstić information content (AvgIpc) is 3.41. The van der Waals surface area contributed by atoms with Gasteiger partial charge in [0, 0.05) is 35.0 Å². The maximum Gasteiger partial charge on any atom is 0.270 e. The summed E-state index contributed by atoms with van der Waals surface area (Å²) in [6, 6.07) is 6.80. The van der Waals surface area contributed by atoms with E-state index < -0.39 is 14.2 Å². The van der Waals surface area contributed by atoms with E-state index in [4.69, 9.17) is 14.1 Å². The van der Waals surface area contributed by atoms with Gasteiger partial charge in [0.15, 0.2) is 8.32 Å². The number of benzene rings is 1. The lowest BCUT2D eigenvalue weighted by atomic mass is 9.70. The first kappa shape index (κ1) is 29.8. The highest BCUT2D eigenvalue weighted by atomic mass is 28.4. The number of halogens is 2. The molecular weight excluding hydrogens is 520 g/mol. The van der Waals surface area contributed by atoms with E-state index in [1.54, 1.807) is 12.1 Å². The summed E-state index contributed by atoms with van der Waals surface area (Å²) in [7, 11) is -2.09. The summed E-state index contributed by atoms with van der Waals surface area (Å²) in [4.78, 5) is 5.45. The summed E-state index contributed by atoms with van der Waals surface area (Å²) in [5.41, 5.74) is 6.73. The maximum atomic E-state index is 14.1. The fourth-order valence-corrected chi connectivity index (χ4v) is 8.23. The van der Waals surface area contributed by atoms with Gasteiger partial charge in [0.1, 0.15) is 6.10 Å². The van der Waals surface area contributed by atoms with Crippen LogP contribution < -0.4 is 0 Å². The number of pyridine rings is 1. The molecule has 5 rings (SSSR count). The number of ether oxygens (including phenoxy) is 1. The third-order valence-electron chi connectivity index (χ3n) is 10.1. The van der Waals surface area contributed by atoms with Gasteiger partial charge in [-0.05, 0) is 66.3 Å². The van der Waals surface area contributed by atoms with Crippen molar-refractivity contribution in [2.75, 3.05) is 0 Å². The molecule has 6 heteroatoms. The lowest BCUT2D eigenvalue weighted by Gasteiger charge is -2.45. The molecule has 0 bridgehead atoms. The zero-order valence-corrected chi connectivity index (χ0v) is 27.3. The molecule has 2 aromatic rings. The van der Waals surface area contributed by atoms with Crippen LogP contribution in [0.25, 0.3) is 0 Å². The Morgan fingerprint density at radius 1 is 1.00 bits per heavy atom. The predicted molar refractivity (Wildman–Crippen MR) is 161 cm³/mol. The first-order valence-corrected chi connectivity index (χ1v) is 18.2. The van der Waals surface area contributed by atoms with Crippen LogP contribution >= 0.6 is 0 Å². The third-order valence-corrected chi connectivity index (χ3v) is 14.6. The summed E-state index contributed by atoms with van der Waals surface area (Å²) in [6.07, 6.45) is 5.75. The average molecular weight is 570 g/mol. The quantitative estimate of drug-likeness (QED) is 0.336. The fourth-order valence-electron chi connectivity index (χ4n) is 6.97. The summed E-state index contributed by atoms with van der Waals surface area (Å²) >= 11 is 0. The SMILES string of the molecule is CC(C)c1nc2c(c3c1[C@@H](c1ccc(C(C)(F)F)cc1)OC31CCCC1)C(O[Si](C)(C)C(C)(C)C)CC(C)(C)C2. The highest BCUT2D eigenvalue weighted by Gasteiger charge is 2.54. The lowest BCUT2D eigenvalue weighted by molar-refractivity contribution is -0.0580. The van der Waals surface area contributed by atoms with Gasteiger partial charge in [-0.15, -0.1) is 0 Å². The molecule has 0 N–H and O–H groups in total. The number of fused-ring (bicyclic) bond motifs is 4. The van der Waals surface area contributed by atoms with Crippen molar-refractivity contribution in [3.05, 3.63) is 63.5 Å². The zero-order chi connectivity index (χ0) is 29.5. The van der Waals surface area contributed by atoms with Crippen molar-refractivity contribution in [2.24, 2.45) is 5.41 Å². The van der Waals surface area contributed by atoms with Crippen molar-refractivity contribution >= 4 is 8.32 Å². The summed E-state index contributed by atoms with van der Waals surface area (Å²) in [6.45, 7) is 21.7. The first-order valence-electron chi connectivity index (χ1n) is 15.3. The molecule has 1 aliphatic heterocycles. The van der Waals surface area contributed by atoms with Gasteiger partial charge >= 0.3 is 0 Å². The van der Waals surface area contributed by atoms with Gasteiger partial charge in [-0.3, -0.25) is 4.98 Å². The van der Waals surface area contributed by atoms with Gasteiger partial charge < -0.3 is 9.16 Å². The van der Waals surface area contributed by atoms with Crippen LogP contribution in [0.15, 0.2) is 24.3 Å². The van der Waals surface area contributed by atoms with Crippen molar-refractivity contribution < 1.29 is 17.9 Å². The number of rotatable bonds is 5. The molecular formula is C34H49F2NO2Si. The van der Waals surface area contributed by atoms with E-state index in [1.807, 2.05) is 12.1 Å². The van der Waals surface area contributed by atoms with Crippen molar-refractivity contribution in [3.63, 3.8) is 0 Å². The molecule has 2 aliphatic carbocycles. The van der Waals surface area contributed by atoms with E-state index >= 15 is 0 Å². The normalized spacial score (nSPS) is 24.0. The number of hydrogen-bond donors (Lipinski definition) is 0. The topological polar surface area (TPSA) is 31.4 Å². The van der Waals surface area contributed by atoms with E-state index in [1.165, 1.54) is 22.4 Å². The van der Waals surface area contributed by atoms with Crippen molar-refractivity contribution in [3.8, 4) is 0 Å². The molecule has 0 saturated heterocycles. The van der Waals surface area contributed by atoms with Crippen LogP contribution in [-0.4, -0.2) is 13.3 Å². The van der Waals surface area contributed by atoms with Crippen LogP contribution in [0.3, 0.4) is 0 Å². The Labute approximate surface area is 241 Å². The molecule has 2 atom stereocenters. The predicted octanol–water partition coefficient (Wildman–Crippen LogP) is 10.2. The van der Waals surface area contributed by atoms with E-state index in [-0.39, 0.29) is 39.7 Å². The zero-order valence-electron chi connectivity index (χ0n) is 26.3. The second kappa shape index (κ2) is 9.70. The van der Waals surface area contributed by atoms with E-state index in [9.17, 15) is 8.78 Å².